The molecule has 1 aliphatic carbocycles. The Morgan fingerprint density at radius 3 is 3.00 bits per heavy atom. The number of nitrogens with one attached hydrogen (secondary N) is 1. The van der Waals surface area contributed by atoms with E-state index in [-0.39, 0.29) is 5.83 Å². The van der Waals surface area contributed by atoms with Gasteiger partial charge in [-0.15, -0.1) is 0 Å². The third kappa shape index (κ3) is 2.69. The van der Waals surface area contributed by atoms with Crippen molar-refractivity contribution in [3.8, 4) is 0 Å². The van der Waals surface area contributed by atoms with Gasteiger partial charge in [0.25, 0.3) is 0 Å². The fourth-order valence-electron chi connectivity index (χ4n) is 3.17. The lowest BCUT2D eigenvalue weighted by Gasteiger charge is -2.17. The quantitative estimate of drug-likeness (QED) is 0.854. The summed E-state index contributed by atoms with van der Waals surface area (Å²) >= 11 is 1.69. The molecule has 4 rings (SSSR count). The molecule has 0 radical (unpaired) electrons. The first-order chi connectivity index (χ1) is 11.1. The van der Waals surface area contributed by atoms with Crippen molar-refractivity contribution >= 4 is 23.2 Å². The maximum Gasteiger partial charge on any atom is 0.106 e. The zero-order valence-electron chi connectivity index (χ0n) is 13.1. The lowest BCUT2D eigenvalue weighted by Crippen LogP contribution is -2.24. The monoisotopic (exact) mass is 327 g/mol. The van der Waals surface area contributed by atoms with Gasteiger partial charge in [-0.2, -0.15) is 0 Å². The van der Waals surface area contributed by atoms with Gasteiger partial charge in [-0.3, -0.25) is 9.71 Å². The molecule has 1 aromatic carbocycles. The third-order valence-corrected chi connectivity index (χ3v) is 5.27. The molecule has 0 aromatic heterocycles. The first kappa shape index (κ1) is 14.9. The van der Waals surface area contributed by atoms with Crippen molar-refractivity contribution in [2.45, 2.75) is 17.4 Å². The van der Waals surface area contributed by atoms with Crippen LogP contribution >= 0.6 is 11.9 Å². The number of allylic oxidation sites excluding steroid dienone is 5. The van der Waals surface area contributed by atoms with Gasteiger partial charge in [0, 0.05) is 35.2 Å². The number of aliphatic imine (C=N–C) groups is 1. The van der Waals surface area contributed by atoms with Crippen LogP contribution in [0, 0.1) is 0 Å². The summed E-state index contributed by atoms with van der Waals surface area (Å²) in [5.74, 6) is -0.122. The summed E-state index contributed by atoms with van der Waals surface area (Å²) in [6.45, 7) is 0.959. The first-order valence-corrected chi connectivity index (χ1v) is 8.49. The Balaban J connectivity index is 1.67. The Hall–Kier alpha value is -1.69. The average molecular weight is 327 g/mol. The van der Waals surface area contributed by atoms with Gasteiger partial charge in [-0.1, -0.05) is 6.07 Å². The molecule has 0 saturated heterocycles. The molecule has 118 valence electrons. The van der Waals surface area contributed by atoms with Crippen LogP contribution in [0.4, 0.5) is 4.39 Å². The number of rotatable bonds is 3. The van der Waals surface area contributed by atoms with E-state index >= 15 is 0 Å². The van der Waals surface area contributed by atoms with E-state index in [2.05, 4.69) is 46.9 Å². The molecule has 5 heteroatoms. The molecule has 1 unspecified atom stereocenters. The predicted octanol–water partition coefficient (Wildman–Crippen LogP) is 3.88. The molecule has 2 heterocycles. The van der Waals surface area contributed by atoms with Crippen LogP contribution in [0.2, 0.25) is 0 Å². The van der Waals surface area contributed by atoms with Crippen molar-refractivity contribution in [3.05, 3.63) is 59.1 Å². The van der Waals surface area contributed by atoms with E-state index in [0.717, 1.165) is 29.0 Å². The molecule has 0 amide bonds. The smallest absolute Gasteiger partial charge is 0.106 e. The minimum atomic E-state index is -0.122. The molecule has 0 spiro atoms. The second-order valence-corrected chi connectivity index (χ2v) is 7.16. The summed E-state index contributed by atoms with van der Waals surface area (Å²) in [6.07, 6.45) is 5.56. The Bertz CT molecular complexity index is 789. The number of fused-ring (bicyclic) bond motifs is 2. The van der Waals surface area contributed by atoms with E-state index in [1.807, 2.05) is 12.3 Å². The zero-order valence-corrected chi connectivity index (χ0v) is 14.0. The van der Waals surface area contributed by atoms with Gasteiger partial charge in [0.05, 0.1) is 11.8 Å². The number of nitrogens with zero attached hydrogens (tertiary/aromatic N) is 2. The zero-order chi connectivity index (χ0) is 16.0. The Labute approximate surface area is 139 Å². The van der Waals surface area contributed by atoms with E-state index in [1.165, 1.54) is 10.5 Å². The second-order valence-electron chi connectivity index (χ2n) is 6.28. The molecule has 2 aliphatic heterocycles. The number of halogens is 1. The van der Waals surface area contributed by atoms with Gasteiger partial charge < -0.3 is 4.90 Å². The maximum atomic E-state index is 13.4. The van der Waals surface area contributed by atoms with Crippen molar-refractivity contribution in [3.63, 3.8) is 0 Å². The molecule has 0 fully saturated rings. The number of likely N-dealkylation sites (N-methyl/N-ethyl adjacent to an activating group) is 1. The Morgan fingerprint density at radius 2 is 2.17 bits per heavy atom. The van der Waals surface area contributed by atoms with E-state index in [4.69, 9.17) is 0 Å². The van der Waals surface area contributed by atoms with Crippen LogP contribution in [0.25, 0.3) is 5.57 Å². The fourth-order valence-corrected chi connectivity index (χ4v) is 4.09. The van der Waals surface area contributed by atoms with Gasteiger partial charge in [0.15, 0.2) is 0 Å². The van der Waals surface area contributed by atoms with Crippen LogP contribution in [0.5, 0.6) is 0 Å². The summed E-state index contributed by atoms with van der Waals surface area (Å²) in [5, 5.41) is 0. The van der Waals surface area contributed by atoms with Gasteiger partial charge in [-0.05, 0) is 61.5 Å². The summed E-state index contributed by atoms with van der Waals surface area (Å²) in [4.78, 5) is 7.87. The molecule has 0 bridgehead atoms. The van der Waals surface area contributed by atoms with Gasteiger partial charge in [-0.25, -0.2) is 4.39 Å². The number of benzene rings is 1. The highest BCUT2D eigenvalue weighted by molar-refractivity contribution is 7.97. The predicted molar refractivity (Wildman–Crippen MR) is 94.0 cm³/mol. The van der Waals surface area contributed by atoms with Crippen molar-refractivity contribution in [1.29, 1.82) is 0 Å². The van der Waals surface area contributed by atoms with Crippen LogP contribution in [0.15, 0.2) is 57.8 Å². The minimum absolute atomic E-state index is 0.122. The number of hydrogen-bond donors (Lipinski definition) is 1. The van der Waals surface area contributed by atoms with E-state index < -0.39 is 0 Å². The summed E-state index contributed by atoms with van der Waals surface area (Å²) in [6, 6.07) is 6.86. The average Bonchev–Trinajstić information content (AvgIpc) is 3.10. The van der Waals surface area contributed by atoms with Crippen LogP contribution in [0.3, 0.4) is 0 Å². The van der Waals surface area contributed by atoms with Crippen LogP contribution in [0.1, 0.15) is 23.6 Å². The molecule has 23 heavy (non-hydrogen) atoms. The van der Waals surface area contributed by atoms with Crippen molar-refractivity contribution in [1.82, 2.24) is 9.62 Å². The molecule has 1 aromatic rings. The third-order valence-electron chi connectivity index (χ3n) is 4.27. The van der Waals surface area contributed by atoms with Crippen LogP contribution < -0.4 is 4.72 Å². The Kier molecular flexibility index (Phi) is 3.71. The topological polar surface area (TPSA) is 27.6 Å². The summed E-state index contributed by atoms with van der Waals surface area (Å²) in [5.41, 5.74) is 5.45. The van der Waals surface area contributed by atoms with Crippen molar-refractivity contribution in [2.75, 3.05) is 20.6 Å². The standard InChI is InChI=1S/C18H18FN3S/c1-22(2)10-17-14-7-11(3-6-18(14)23-21-17)15-9-20-16-8-12(19)4-5-13(15)16/h3-7,9,17,21H,8,10H2,1-2H3. The SMILES string of the molecule is CN(C)CC1NSc2ccc(C3=CN=C4CC(F)=CC=C34)cc21. The highest BCUT2D eigenvalue weighted by atomic mass is 32.2. The fraction of sp³-hybridized carbons (Fsp3) is 0.278. The Morgan fingerprint density at radius 1 is 1.30 bits per heavy atom. The number of hydrogen-bond acceptors (Lipinski definition) is 4. The van der Waals surface area contributed by atoms with Crippen LogP contribution in [-0.4, -0.2) is 31.3 Å². The summed E-state index contributed by atoms with van der Waals surface area (Å²) in [7, 11) is 4.17. The van der Waals surface area contributed by atoms with Gasteiger partial charge in [0.2, 0.25) is 0 Å². The van der Waals surface area contributed by atoms with E-state index in [1.54, 1.807) is 18.0 Å². The normalized spacial score (nSPS) is 22.3. The van der Waals surface area contributed by atoms with Gasteiger partial charge >= 0.3 is 0 Å². The van der Waals surface area contributed by atoms with E-state index in [9.17, 15) is 4.39 Å². The second kappa shape index (κ2) is 5.74. The van der Waals surface area contributed by atoms with E-state index in [0.29, 0.717) is 12.5 Å². The molecule has 1 N–H and O–H groups in total. The molecule has 1 atom stereocenters. The lowest BCUT2D eigenvalue weighted by atomic mass is 9.91. The highest BCUT2D eigenvalue weighted by Crippen LogP contribution is 2.40. The molecule has 3 aliphatic rings. The van der Waals surface area contributed by atoms with Crippen molar-refractivity contribution in [2.24, 2.45) is 4.99 Å². The first-order valence-electron chi connectivity index (χ1n) is 7.67. The maximum absolute atomic E-state index is 13.4. The van der Waals surface area contributed by atoms with Gasteiger partial charge in [0.1, 0.15) is 5.83 Å². The molecule has 0 saturated carbocycles. The summed E-state index contributed by atoms with van der Waals surface area (Å²) < 4.78 is 16.9. The molecule has 3 nitrogen and oxygen atoms in total. The largest absolute Gasteiger partial charge is 0.307 e. The molecular formula is C18H18FN3S. The van der Waals surface area contributed by atoms with Crippen LogP contribution in [-0.2, 0) is 0 Å². The molecular weight excluding hydrogens is 309 g/mol. The highest BCUT2D eigenvalue weighted by Gasteiger charge is 2.27. The van der Waals surface area contributed by atoms with Crippen molar-refractivity contribution < 1.29 is 4.39 Å². The lowest BCUT2D eigenvalue weighted by molar-refractivity contribution is 0.369. The minimum Gasteiger partial charge on any atom is -0.307 e.